The molecule has 5 heteroatoms. The SMILES string of the molecule is Cc1c2c3c(cccc3n1NC(N)=O)[C@H]1CCCN[C@@H]1C2. The molecular weight excluding hydrogens is 264 g/mol. The van der Waals surface area contributed by atoms with Gasteiger partial charge in [0.05, 0.1) is 5.52 Å². The Labute approximate surface area is 123 Å². The van der Waals surface area contributed by atoms with Gasteiger partial charge < -0.3 is 11.1 Å². The first kappa shape index (κ1) is 12.7. The zero-order valence-corrected chi connectivity index (χ0v) is 12.1. The van der Waals surface area contributed by atoms with Gasteiger partial charge in [0, 0.05) is 23.0 Å². The number of fused-ring (bicyclic) bond motifs is 2. The summed E-state index contributed by atoms with van der Waals surface area (Å²) in [6, 6.07) is 6.37. The lowest BCUT2D eigenvalue weighted by atomic mass is 9.75. The number of nitrogens with zero attached hydrogens (tertiary/aromatic N) is 1. The van der Waals surface area contributed by atoms with E-state index in [-0.39, 0.29) is 0 Å². The molecule has 21 heavy (non-hydrogen) atoms. The topological polar surface area (TPSA) is 72.1 Å². The Morgan fingerprint density at radius 1 is 1.48 bits per heavy atom. The van der Waals surface area contributed by atoms with Gasteiger partial charge in [-0.2, -0.15) is 0 Å². The largest absolute Gasteiger partial charge is 0.350 e. The number of urea groups is 1. The number of nitrogens with two attached hydrogens (primary N) is 1. The van der Waals surface area contributed by atoms with Crippen molar-refractivity contribution in [2.24, 2.45) is 5.73 Å². The van der Waals surface area contributed by atoms with Gasteiger partial charge in [-0.15, -0.1) is 0 Å². The molecule has 4 N–H and O–H groups in total. The van der Waals surface area contributed by atoms with Crippen molar-refractivity contribution < 1.29 is 4.79 Å². The van der Waals surface area contributed by atoms with Crippen LogP contribution < -0.4 is 16.5 Å². The van der Waals surface area contributed by atoms with Crippen molar-refractivity contribution in [3.05, 3.63) is 35.0 Å². The standard InChI is InChI=1S/C16H20N4O/c1-9-12-8-13-10(5-3-7-18-13)11-4-2-6-14(15(11)12)20(9)19-16(17)21/h2,4,6,10,13,18H,3,5,7-8H2,1H3,(H3,17,19,21)/t10-,13-/m1/s1. The average Bonchev–Trinajstić information content (AvgIpc) is 2.74. The maximum Gasteiger partial charge on any atom is 0.331 e. The van der Waals surface area contributed by atoms with Gasteiger partial charge in [0.1, 0.15) is 0 Å². The minimum absolute atomic E-state index is 0.514. The van der Waals surface area contributed by atoms with E-state index in [1.165, 1.54) is 29.4 Å². The van der Waals surface area contributed by atoms with Crippen molar-refractivity contribution >= 4 is 16.9 Å². The number of nitrogens with one attached hydrogen (secondary N) is 2. The molecule has 2 atom stereocenters. The Balaban J connectivity index is 1.96. The summed E-state index contributed by atoms with van der Waals surface area (Å²) < 4.78 is 1.84. The van der Waals surface area contributed by atoms with Crippen LogP contribution in [0.25, 0.3) is 10.9 Å². The van der Waals surface area contributed by atoms with Gasteiger partial charge in [-0.25, -0.2) is 10.2 Å². The molecule has 110 valence electrons. The number of hydrogen-bond donors (Lipinski definition) is 3. The molecular formula is C16H20N4O. The molecule has 2 aliphatic rings. The zero-order chi connectivity index (χ0) is 14.6. The Morgan fingerprint density at radius 2 is 2.33 bits per heavy atom. The lowest BCUT2D eigenvalue weighted by molar-refractivity contribution is 0.257. The van der Waals surface area contributed by atoms with Crippen LogP contribution >= 0.6 is 0 Å². The average molecular weight is 284 g/mol. The van der Waals surface area contributed by atoms with E-state index in [9.17, 15) is 4.79 Å². The first-order valence-electron chi connectivity index (χ1n) is 7.59. The van der Waals surface area contributed by atoms with Crippen molar-refractivity contribution in [3.63, 3.8) is 0 Å². The lowest BCUT2D eigenvalue weighted by Crippen LogP contribution is -2.43. The Bertz CT molecular complexity index is 733. The van der Waals surface area contributed by atoms with E-state index < -0.39 is 6.03 Å². The molecule has 4 rings (SSSR count). The minimum atomic E-state index is -0.526. The third kappa shape index (κ3) is 1.77. The molecule has 1 saturated heterocycles. The van der Waals surface area contributed by atoms with Gasteiger partial charge in [-0.3, -0.25) is 4.68 Å². The number of primary amides is 1. The smallest absolute Gasteiger partial charge is 0.331 e. The number of piperidine rings is 1. The van der Waals surface area contributed by atoms with Crippen LogP contribution in [-0.2, 0) is 6.42 Å². The number of hydrogen-bond acceptors (Lipinski definition) is 2. The summed E-state index contributed by atoms with van der Waals surface area (Å²) in [5.41, 5.74) is 13.0. The van der Waals surface area contributed by atoms with E-state index >= 15 is 0 Å². The number of carbonyl (C=O) groups is 1. The van der Waals surface area contributed by atoms with Crippen LogP contribution in [0.3, 0.4) is 0 Å². The molecule has 1 aliphatic heterocycles. The van der Waals surface area contributed by atoms with Crippen LogP contribution in [0, 0.1) is 6.92 Å². The van der Waals surface area contributed by atoms with Crippen molar-refractivity contribution in [2.75, 3.05) is 12.0 Å². The molecule has 0 radical (unpaired) electrons. The van der Waals surface area contributed by atoms with E-state index in [1.807, 2.05) is 4.68 Å². The van der Waals surface area contributed by atoms with Gasteiger partial charge in [0.15, 0.2) is 0 Å². The highest BCUT2D eigenvalue weighted by molar-refractivity contribution is 5.92. The summed E-state index contributed by atoms with van der Waals surface area (Å²) in [7, 11) is 0. The first-order chi connectivity index (χ1) is 10.2. The van der Waals surface area contributed by atoms with Crippen LogP contribution in [0.5, 0.6) is 0 Å². The fraction of sp³-hybridized carbons (Fsp3) is 0.438. The molecule has 2 aromatic rings. The van der Waals surface area contributed by atoms with E-state index in [0.29, 0.717) is 12.0 Å². The number of aromatic nitrogens is 1. The number of rotatable bonds is 1. The summed E-state index contributed by atoms with van der Waals surface area (Å²) in [5.74, 6) is 0.582. The zero-order valence-electron chi connectivity index (χ0n) is 12.1. The summed E-state index contributed by atoms with van der Waals surface area (Å²) in [5, 5.41) is 4.97. The second-order valence-corrected chi connectivity index (χ2v) is 6.13. The number of benzene rings is 1. The summed E-state index contributed by atoms with van der Waals surface area (Å²) in [4.78, 5) is 11.3. The third-order valence-electron chi connectivity index (χ3n) is 5.02. The van der Waals surface area contributed by atoms with Crippen molar-refractivity contribution in [3.8, 4) is 0 Å². The van der Waals surface area contributed by atoms with Crippen LogP contribution in [0.15, 0.2) is 18.2 Å². The summed E-state index contributed by atoms with van der Waals surface area (Å²) in [6.45, 7) is 3.16. The molecule has 2 heterocycles. The third-order valence-corrected chi connectivity index (χ3v) is 5.02. The number of carbonyl (C=O) groups excluding carboxylic acids is 1. The molecule has 1 aliphatic carbocycles. The summed E-state index contributed by atoms with van der Waals surface area (Å²) >= 11 is 0. The van der Waals surface area contributed by atoms with Gasteiger partial charge in [0.25, 0.3) is 0 Å². The van der Waals surface area contributed by atoms with Crippen LogP contribution in [0.1, 0.15) is 35.6 Å². The normalized spacial score (nSPS) is 23.9. The quantitative estimate of drug-likeness (QED) is 0.749. The fourth-order valence-electron chi connectivity index (χ4n) is 4.14. The molecule has 0 bridgehead atoms. The van der Waals surface area contributed by atoms with Crippen LogP contribution in [0.2, 0.25) is 0 Å². The summed E-state index contributed by atoms with van der Waals surface area (Å²) in [6.07, 6.45) is 3.49. The molecule has 2 amide bonds. The van der Waals surface area contributed by atoms with Crippen molar-refractivity contribution in [1.29, 1.82) is 0 Å². The minimum Gasteiger partial charge on any atom is -0.350 e. The Kier molecular flexibility index (Phi) is 2.72. The second kappa shape index (κ2) is 4.49. The second-order valence-electron chi connectivity index (χ2n) is 6.13. The van der Waals surface area contributed by atoms with Crippen LogP contribution in [-0.4, -0.2) is 23.3 Å². The molecule has 0 saturated carbocycles. The molecule has 1 aromatic carbocycles. The fourth-order valence-corrected chi connectivity index (χ4v) is 4.14. The molecule has 0 spiro atoms. The molecule has 1 aromatic heterocycles. The van der Waals surface area contributed by atoms with Gasteiger partial charge in [-0.1, -0.05) is 12.1 Å². The first-order valence-corrected chi connectivity index (χ1v) is 7.59. The van der Waals surface area contributed by atoms with Gasteiger partial charge >= 0.3 is 6.03 Å². The van der Waals surface area contributed by atoms with Gasteiger partial charge in [0.2, 0.25) is 0 Å². The highest BCUT2D eigenvalue weighted by Crippen LogP contribution is 2.42. The Hall–Kier alpha value is -2.01. The predicted molar refractivity (Wildman–Crippen MR) is 83.1 cm³/mol. The van der Waals surface area contributed by atoms with Crippen LogP contribution in [0.4, 0.5) is 4.79 Å². The van der Waals surface area contributed by atoms with E-state index in [0.717, 1.165) is 24.2 Å². The highest BCUT2D eigenvalue weighted by Gasteiger charge is 2.34. The van der Waals surface area contributed by atoms with Crippen molar-refractivity contribution in [2.45, 2.75) is 38.1 Å². The van der Waals surface area contributed by atoms with Gasteiger partial charge in [-0.05, 0) is 49.9 Å². The number of amides is 2. The maximum absolute atomic E-state index is 11.3. The molecule has 1 fully saturated rings. The predicted octanol–water partition coefficient (Wildman–Crippen LogP) is 1.96. The maximum atomic E-state index is 11.3. The molecule has 0 unspecified atom stereocenters. The Morgan fingerprint density at radius 3 is 3.14 bits per heavy atom. The van der Waals surface area contributed by atoms with Crippen molar-refractivity contribution in [1.82, 2.24) is 9.99 Å². The monoisotopic (exact) mass is 284 g/mol. The van der Waals surface area contributed by atoms with E-state index in [4.69, 9.17) is 5.73 Å². The van der Waals surface area contributed by atoms with E-state index in [2.05, 4.69) is 35.9 Å². The molecule has 5 nitrogen and oxygen atoms in total. The van der Waals surface area contributed by atoms with E-state index in [1.54, 1.807) is 0 Å². The highest BCUT2D eigenvalue weighted by atomic mass is 16.2. The lowest BCUT2D eigenvalue weighted by Gasteiger charge is -2.36.